The standard InChI is InChI=1S/C22H31N3O2S/c1-15-9-10-16(2)20-19(15)13-17(21(26)24-20)14-25(18-7-4-5-8-18)22(28)23-11-6-12-27-3/h9-10,13,18H,4-8,11-12,14H2,1-3H3,(H,23,28)(H,24,26). The van der Waals surface area contributed by atoms with Crippen LogP contribution in [0.5, 0.6) is 0 Å². The Kier molecular flexibility index (Phi) is 7.08. The quantitative estimate of drug-likeness (QED) is 0.546. The summed E-state index contributed by atoms with van der Waals surface area (Å²) in [5, 5.41) is 5.21. The SMILES string of the molecule is COCCCNC(=S)N(Cc1cc2c(C)ccc(C)c2[nH]c1=O)C1CCCC1. The van der Waals surface area contributed by atoms with E-state index in [2.05, 4.69) is 34.3 Å². The summed E-state index contributed by atoms with van der Waals surface area (Å²) in [6.45, 7) is 6.14. The Morgan fingerprint density at radius 2 is 2.00 bits per heavy atom. The third-order valence-electron chi connectivity index (χ3n) is 5.69. The van der Waals surface area contributed by atoms with Crippen LogP contribution in [0.4, 0.5) is 0 Å². The lowest BCUT2D eigenvalue weighted by Crippen LogP contribution is -2.45. The predicted octanol–water partition coefficient (Wildman–Crippen LogP) is 3.80. The summed E-state index contributed by atoms with van der Waals surface area (Å²) in [6, 6.07) is 6.61. The fourth-order valence-electron chi connectivity index (χ4n) is 4.02. The van der Waals surface area contributed by atoms with Gasteiger partial charge in [0.2, 0.25) is 0 Å². The van der Waals surface area contributed by atoms with Gasteiger partial charge < -0.3 is 19.9 Å². The Morgan fingerprint density at radius 3 is 2.71 bits per heavy atom. The molecule has 28 heavy (non-hydrogen) atoms. The third-order valence-corrected chi connectivity index (χ3v) is 6.07. The molecule has 2 N–H and O–H groups in total. The minimum Gasteiger partial charge on any atom is -0.385 e. The summed E-state index contributed by atoms with van der Waals surface area (Å²) in [5.74, 6) is 0. The van der Waals surface area contributed by atoms with Crippen LogP contribution in [0.2, 0.25) is 0 Å². The number of nitrogens with zero attached hydrogens (tertiary/aromatic N) is 1. The van der Waals surface area contributed by atoms with Gasteiger partial charge in [0.05, 0.1) is 12.1 Å². The Morgan fingerprint density at radius 1 is 1.29 bits per heavy atom. The van der Waals surface area contributed by atoms with E-state index >= 15 is 0 Å². The molecule has 0 aliphatic heterocycles. The van der Waals surface area contributed by atoms with E-state index in [1.54, 1.807) is 7.11 Å². The van der Waals surface area contributed by atoms with E-state index in [4.69, 9.17) is 17.0 Å². The first-order valence-electron chi connectivity index (χ1n) is 10.2. The highest BCUT2D eigenvalue weighted by molar-refractivity contribution is 7.80. The van der Waals surface area contributed by atoms with Crippen molar-refractivity contribution in [2.24, 2.45) is 0 Å². The lowest BCUT2D eigenvalue weighted by molar-refractivity contribution is 0.195. The maximum Gasteiger partial charge on any atom is 0.253 e. The van der Waals surface area contributed by atoms with E-state index in [0.29, 0.717) is 19.2 Å². The first-order chi connectivity index (χ1) is 13.5. The number of nitrogens with one attached hydrogen (secondary N) is 2. The van der Waals surface area contributed by atoms with Crippen molar-refractivity contribution in [3.63, 3.8) is 0 Å². The largest absolute Gasteiger partial charge is 0.385 e. The number of pyridine rings is 1. The molecule has 0 unspecified atom stereocenters. The molecule has 152 valence electrons. The zero-order valence-electron chi connectivity index (χ0n) is 17.1. The number of H-pyrrole nitrogens is 1. The van der Waals surface area contributed by atoms with Crippen molar-refractivity contribution in [1.29, 1.82) is 0 Å². The lowest BCUT2D eigenvalue weighted by Gasteiger charge is -2.31. The molecule has 0 amide bonds. The zero-order chi connectivity index (χ0) is 20.1. The molecule has 1 aromatic heterocycles. The predicted molar refractivity (Wildman–Crippen MR) is 119 cm³/mol. The fraction of sp³-hybridized carbons (Fsp3) is 0.545. The number of aryl methyl sites for hydroxylation is 2. The average molecular weight is 402 g/mol. The molecule has 1 aliphatic rings. The van der Waals surface area contributed by atoms with Crippen molar-refractivity contribution in [2.45, 2.75) is 58.5 Å². The Hall–Kier alpha value is -1.92. The van der Waals surface area contributed by atoms with Gasteiger partial charge >= 0.3 is 0 Å². The van der Waals surface area contributed by atoms with Gasteiger partial charge in [0, 0.05) is 37.3 Å². The van der Waals surface area contributed by atoms with Gasteiger partial charge in [-0.3, -0.25) is 4.79 Å². The van der Waals surface area contributed by atoms with E-state index in [1.165, 1.54) is 18.4 Å². The van der Waals surface area contributed by atoms with Crippen LogP contribution in [0.25, 0.3) is 10.9 Å². The Balaban J connectivity index is 1.85. The summed E-state index contributed by atoms with van der Waals surface area (Å²) in [7, 11) is 1.71. The molecule has 1 aromatic carbocycles. The van der Waals surface area contributed by atoms with Gasteiger partial charge in [0.25, 0.3) is 5.56 Å². The highest BCUT2D eigenvalue weighted by atomic mass is 32.1. The van der Waals surface area contributed by atoms with E-state index < -0.39 is 0 Å². The second-order valence-electron chi connectivity index (χ2n) is 7.76. The molecule has 0 atom stereocenters. The molecule has 1 aliphatic carbocycles. The van der Waals surface area contributed by atoms with Gasteiger partial charge in [-0.25, -0.2) is 0 Å². The topological polar surface area (TPSA) is 57.4 Å². The second-order valence-corrected chi connectivity index (χ2v) is 8.14. The summed E-state index contributed by atoms with van der Waals surface area (Å²) in [6.07, 6.45) is 5.61. The molecule has 6 heteroatoms. The molecule has 3 rings (SSSR count). The van der Waals surface area contributed by atoms with Crippen LogP contribution in [0, 0.1) is 13.8 Å². The van der Waals surface area contributed by atoms with E-state index in [-0.39, 0.29) is 5.56 Å². The van der Waals surface area contributed by atoms with Crippen molar-refractivity contribution >= 4 is 28.2 Å². The third kappa shape index (κ3) is 4.73. The molecule has 1 fully saturated rings. The van der Waals surface area contributed by atoms with Gasteiger partial charge in [-0.1, -0.05) is 25.0 Å². The van der Waals surface area contributed by atoms with Crippen molar-refractivity contribution in [1.82, 2.24) is 15.2 Å². The molecule has 1 heterocycles. The van der Waals surface area contributed by atoms with Crippen molar-refractivity contribution in [3.05, 3.63) is 45.2 Å². The zero-order valence-corrected chi connectivity index (χ0v) is 18.0. The van der Waals surface area contributed by atoms with Crippen LogP contribution in [-0.4, -0.2) is 41.3 Å². The summed E-state index contributed by atoms with van der Waals surface area (Å²) < 4.78 is 5.11. The molecule has 0 spiro atoms. The number of benzene rings is 1. The number of aromatic nitrogens is 1. The van der Waals surface area contributed by atoms with Gasteiger partial charge in [-0.05, 0) is 62.5 Å². The Labute approximate surface area is 172 Å². The number of fused-ring (bicyclic) bond motifs is 1. The average Bonchev–Trinajstić information content (AvgIpc) is 3.21. The minimum atomic E-state index is -0.0219. The highest BCUT2D eigenvalue weighted by Crippen LogP contribution is 2.26. The molecular weight excluding hydrogens is 370 g/mol. The fourth-order valence-corrected chi connectivity index (χ4v) is 4.33. The van der Waals surface area contributed by atoms with Crippen LogP contribution in [0.15, 0.2) is 23.0 Å². The highest BCUT2D eigenvalue weighted by Gasteiger charge is 2.25. The van der Waals surface area contributed by atoms with Crippen LogP contribution >= 0.6 is 12.2 Å². The van der Waals surface area contributed by atoms with Crippen LogP contribution in [0.1, 0.15) is 48.8 Å². The number of aromatic amines is 1. The first kappa shape index (κ1) is 20.8. The number of methoxy groups -OCH3 is 1. The van der Waals surface area contributed by atoms with E-state index in [9.17, 15) is 4.79 Å². The van der Waals surface area contributed by atoms with Gasteiger partial charge in [0.1, 0.15) is 0 Å². The summed E-state index contributed by atoms with van der Waals surface area (Å²) in [4.78, 5) is 18.1. The summed E-state index contributed by atoms with van der Waals surface area (Å²) in [5.41, 5.74) is 3.94. The number of rotatable bonds is 7. The summed E-state index contributed by atoms with van der Waals surface area (Å²) >= 11 is 5.71. The van der Waals surface area contributed by atoms with Gasteiger partial charge in [-0.2, -0.15) is 0 Å². The van der Waals surface area contributed by atoms with Crippen molar-refractivity contribution < 1.29 is 4.74 Å². The normalized spacial score (nSPS) is 14.5. The van der Waals surface area contributed by atoms with Crippen molar-refractivity contribution in [3.8, 4) is 0 Å². The molecule has 0 saturated heterocycles. The maximum absolute atomic E-state index is 12.8. The number of hydrogen-bond acceptors (Lipinski definition) is 3. The first-order valence-corrected chi connectivity index (χ1v) is 10.6. The van der Waals surface area contributed by atoms with Gasteiger partial charge in [-0.15, -0.1) is 0 Å². The molecule has 1 saturated carbocycles. The van der Waals surface area contributed by atoms with Gasteiger partial charge in [0.15, 0.2) is 5.11 Å². The smallest absolute Gasteiger partial charge is 0.253 e. The van der Waals surface area contributed by atoms with Crippen LogP contribution in [-0.2, 0) is 11.3 Å². The van der Waals surface area contributed by atoms with E-state index in [1.807, 2.05) is 13.0 Å². The molecule has 5 nitrogen and oxygen atoms in total. The molecular formula is C22H31N3O2S. The minimum absolute atomic E-state index is 0.0219. The lowest BCUT2D eigenvalue weighted by atomic mass is 10.0. The van der Waals surface area contributed by atoms with Crippen LogP contribution < -0.4 is 10.9 Å². The second kappa shape index (κ2) is 9.52. The monoisotopic (exact) mass is 401 g/mol. The number of ether oxygens (including phenoxy) is 1. The molecule has 0 bridgehead atoms. The number of hydrogen-bond donors (Lipinski definition) is 2. The maximum atomic E-state index is 12.8. The Bertz CT molecular complexity index is 887. The molecule has 2 aromatic rings. The molecule has 0 radical (unpaired) electrons. The van der Waals surface area contributed by atoms with E-state index in [0.717, 1.165) is 52.9 Å². The van der Waals surface area contributed by atoms with Crippen LogP contribution in [0.3, 0.4) is 0 Å². The number of thiocarbonyl (C=S) groups is 1. The van der Waals surface area contributed by atoms with Crippen molar-refractivity contribution in [2.75, 3.05) is 20.3 Å².